The second-order valence-electron chi connectivity index (χ2n) is 4.80. The molecule has 106 valence electrons. The number of alkyl halides is 1. The Kier molecular flexibility index (Phi) is 4.73. The minimum atomic E-state index is -0.187. The zero-order valence-corrected chi connectivity index (χ0v) is 13.1. The summed E-state index contributed by atoms with van der Waals surface area (Å²) in [4.78, 5) is 12.9. The molecule has 0 spiro atoms. The maximum absolute atomic E-state index is 12.4. The molecule has 1 N–H and O–H groups in total. The first-order chi connectivity index (χ1) is 9.50. The number of nitrogens with one attached hydrogen (secondary N) is 1. The fourth-order valence-electron chi connectivity index (χ4n) is 1.87. The number of hydrogen-bond donors (Lipinski definition) is 1. The Morgan fingerprint density at radius 2 is 2.00 bits per heavy atom. The Morgan fingerprint density at radius 3 is 2.65 bits per heavy atom. The van der Waals surface area contributed by atoms with Crippen LogP contribution in [0.15, 0.2) is 24.3 Å². The monoisotopic (exact) mass is 309 g/mol. The molecule has 0 aliphatic heterocycles. The SMILES string of the molecule is CC(C)c1nnsc1C(=O)Nc1ccccc1C(C)Cl. The van der Waals surface area contributed by atoms with Gasteiger partial charge in [0, 0.05) is 5.69 Å². The zero-order chi connectivity index (χ0) is 14.7. The van der Waals surface area contributed by atoms with Crippen LogP contribution < -0.4 is 5.32 Å². The van der Waals surface area contributed by atoms with Crippen LogP contribution in [0, 0.1) is 0 Å². The summed E-state index contributed by atoms with van der Waals surface area (Å²) in [6.07, 6.45) is 0. The maximum Gasteiger partial charge on any atom is 0.269 e. The van der Waals surface area contributed by atoms with Gasteiger partial charge in [0.25, 0.3) is 5.91 Å². The van der Waals surface area contributed by atoms with E-state index in [4.69, 9.17) is 11.6 Å². The molecule has 2 rings (SSSR count). The standard InChI is InChI=1S/C14H16ClN3OS/c1-8(2)12-13(20-18-17-12)14(19)16-11-7-5-4-6-10(11)9(3)15/h4-9H,1-3H3,(H,16,19). The number of benzene rings is 1. The molecular formula is C14H16ClN3OS. The number of para-hydroxylation sites is 1. The molecule has 0 saturated carbocycles. The number of carbonyl (C=O) groups excluding carboxylic acids is 1. The lowest BCUT2D eigenvalue weighted by Gasteiger charge is -2.12. The van der Waals surface area contributed by atoms with Gasteiger partial charge in [-0.05, 0) is 36.0 Å². The van der Waals surface area contributed by atoms with Crippen molar-refractivity contribution in [2.45, 2.75) is 32.1 Å². The van der Waals surface area contributed by atoms with Gasteiger partial charge in [-0.15, -0.1) is 16.7 Å². The summed E-state index contributed by atoms with van der Waals surface area (Å²) in [5.41, 5.74) is 2.35. The Balaban J connectivity index is 2.26. The van der Waals surface area contributed by atoms with Crippen molar-refractivity contribution in [3.8, 4) is 0 Å². The number of hydrogen-bond acceptors (Lipinski definition) is 4. The largest absolute Gasteiger partial charge is 0.321 e. The number of halogens is 1. The molecule has 6 heteroatoms. The smallest absolute Gasteiger partial charge is 0.269 e. The van der Waals surface area contributed by atoms with E-state index in [1.165, 1.54) is 0 Å². The second-order valence-corrected chi connectivity index (χ2v) is 6.21. The number of aromatic nitrogens is 2. The number of rotatable bonds is 4. The third-order valence-corrected chi connectivity index (χ3v) is 3.88. The van der Waals surface area contributed by atoms with Crippen molar-refractivity contribution < 1.29 is 4.79 Å². The summed E-state index contributed by atoms with van der Waals surface area (Å²) in [6.45, 7) is 5.85. The van der Waals surface area contributed by atoms with Crippen LogP contribution in [0.5, 0.6) is 0 Å². The molecule has 20 heavy (non-hydrogen) atoms. The number of carbonyl (C=O) groups is 1. The third kappa shape index (κ3) is 3.16. The van der Waals surface area contributed by atoms with Gasteiger partial charge >= 0.3 is 0 Å². The molecule has 0 radical (unpaired) electrons. The topological polar surface area (TPSA) is 54.9 Å². The van der Waals surface area contributed by atoms with E-state index in [1.54, 1.807) is 0 Å². The first-order valence-electron chi connectivity index (χ1n) is 6.37. The quantitative estimate of drug-likeness (QED) is 0.861. The molecular weight excluding hydrogens is 294 g/mol. The Bertz CT molecular complexity index is 610. The van der Waals surface area contributed by atoms with E-state index < -0.39 is 0 Å². The summed E-state index contributed by atoms with van der Waals surface area (Å²) >= 11 is 7.24. The Hall–Kier alpha value is -1.46. The van der Waals surface area contributed by atoms with Crippen molar-refractivity contribution in [2.24, 2.45) is 0 Å². The molecule has 1 amide bonds. The molecule has 0 bridgehead atoms. The number of amides is 1. The summed E-state index contributed by atoms with van der Waals surface area (Å²) in [7, 11) is 0. The van der Waals surface area contributed by atoms with Gasteiger partial charge in [0.05, 0.1) is 11.1 Å². The van der Waals surface area contributed by atoms with E-state index in [9.17, 15) is 4.79 Å². The van der Waals surface area contributed by atoms with Crippen molar-refractivity contribution in [1.82, 2.24) is 9.59 Å². The summed E-state index contributed by atoms with van der Waals surface area (Å²) in [5, 5.41) is 6.74. The molecule has 0 saturated heterocycles. The molecule has 1 unspecified atom stereocenters. The van der Waals surface area contributed by atoms with Crippen molar-refractivity contribution in [2.75, 3.05) is 5.32 Å². The van der Waals surface area contributed by atoms with Gasteiger partial charge in [0.15, 0.2) is 0 Å². The van der Waals surface area contributed by atoms with Gasteiger partial charge in [0.2, 0.25) is 0 Å². The number of nitrogens with zero attached hydrogens (tertiary/aromatic N) is 2. The predicted molar refractivity (Wildman–Crippen MR) is 82.7 cm³/mol. The molecule has 1 aromatic carbocycles. The Morgan fingerprint density at radius 1 is 1.30 bits per heavy atom. The van der Waals surface area contributed by atoms with Crippen LogP contribution in [0.3, 0.4) is 0 Å². The number of anilines is 1. The minimum Gasteiger partial charge on any atom is -0.321 e. The molecule has 2 aromatic rings. The van der Waals surface area contributed by atoms with Crippen LogP contribution in [0.2, 0.25) is 0 Å². The summed E-state index contributed by atoms with van der Waals surface area (Å²) < 4.78 is 3.87. The Labute approximate surface area is 127 Å². The van der Waals surface area contributed by atoms with E-state index in [-0.39, 0.29) is 17.2 Å². The highest BCUT2D eigenvalue weighted by Gasteiger charge is 2.20. The van der Waals surface area contributed by atoms with Crippen LogP contribution in [0.25, 0.3) is 0 Å². The van der Waals surface area contributed by atoms with Crippen molar-refractivity contribution in [3.05, 3.63) is 40.4 Å². The summed E-state index contributed by atoms with van der Waals surface area (Å²) in [5.74, 6) is -0.0230. The fourth-order valence-corrected chi connectivity index (χ4v) is 2.77. The van der Waals surface area contributed by atoms with Gasteiger partial charge in [-0.3, -0.25) is 4.79 Å². The fraction of sp³-hybridized carbons (Fsp3) is 0.357. The van der Waals surface area contributed by atoms with Gasteiger partial charge < -0.3 is 5.32 Å². The second kappa shape index (κ2) is 6.33. The first kappa shape index (κ1) is 14.9. The van der Waals surface area contributed by atoms with Gasteiger partial charge in [-0.1, -0.05) is 36.5 Å². The lowest BCUT2D eigenvalue weighted by atomic mass is 10.1. The molecule has 0 aliphatic carbocycles. The van der Waals surface area contributed by atoms with Crippen LogP contribution >= 0.6 is 23.1 Å². The average molecular weight is 310 g/mol. The van der Waals surface area contributed by atoms with E-state index in [0.717, 1.165) is 28.5 Å². The lowest BCUT2D eigenvalue weighted by molar-refractivity contribution is 0.102. The molecule has 1 aromatic heterocycles. The maximum atomic E-state index is 12.4. The average Bonchev–Trinajstić information content (AvgIpc) is 2.88. The van der Waals surface area contributed by atoms with E-state index >= 15 is 0 Å². The van der Waals surface area contributed by atoms with Crippen LogP contribution in [-0.4, -0.2) is 15.5 Å². The summed E-state index contributed by atoms with van der Waals surface area (Å²) in [6, 6.07) is 7.52. The molecule has 0 aliphatic rings. The highest BCUT2D eigenvalue weighted by atomic mass is 35.5. The molecule has 0 fully saturated rings. The normalized spacial score (nSPS) is 12.4. The molecule has 4 nitrogen and oxygen atoms in total. The minimum absolute atomic E-state index is 0.164. The van der Waals surface area contributed by atoms with Crippen molar-refractivity contribution >= 4 is 34.7 Å². The van der Waals surface area contributed by atoms with Crippen molar-refractivity contribution in [1.29, 1.82) is 0 Å². The van der Waals surface area contributed by atoms with Crippen LogP contribution in [0.4, 0.5) is 5.69 Å². The van der Waals surface area contributed by atoms with Gasteiger partial charge in [-0.25, -0.2) is 0 Å². The van der Waals surface area contributed by atoms with Crippen molar-refractivity contribution in [3.63, 3.8) is 0 Å². The van der Waals surface area contributed by atoms with Crippen LogP contribution in [0.1, 0.15) is 53.0 Å². The zero-order valence-electron chi connectivity index (χ0n) is 11.6. The highest BCUT2D eigenvalue weighted by Crippen LogP contribution is 2.28. The first-order valence-corrected chi connectivity index (χ1v) is 7.58. The van der Waals surface area contributed by atoms with Crippen LogP contribution in [-0.2, 0) is 0 Å². The van der Waals surface area contributed by atoms with E-state index in [2.05, 4.69) is 14.9 Å². The molecule has 1 atom stereocenters. The molecule has 1 heterocycles. The third-order valence-electron chi connectivity index (χ3n) is 2.90. The highest BCUT2D eigenvalue weighted by molar-refractivity contribution is 7.08. The van der Waals surface area contributed by atoms with E-state index in [0.29, 0.717) is 4.88 Å². The lowest BCUT2D eigenvalue weighted by Crippen LogP contribution is -2.14. The van der Waals surface area contributed by atoms with E-state index in [1.807, 2.05) is 45.0 Å². The van der Waals surface area contributed by atoms with Gasteiger partial charge in [0.1, 0.15) is 4.88 Å². The predicted octanol–water partition coefficient (Wildman–Crippen LogP) is 4.21. The van der Waals surface area contributed by atoms with Gasteiger partial charge in [-0.2, -0.15) is 0 Å².